The molecule has 0 spiro atoms. The van der Waals surface area contributed by atoms with Crippen LogP contribution in [0.2, 0.25) is 0 Å². The highest BCUT2D eigenvalue weighted by Gasteiger charge is 2.36. The number of aromatic hydroxyl groups is 1. The number of phenols is 1. The predicted octanol–water partition coefficient (Wildman–Crippen LogP) is 3.04. The molecule has 2 aliphatic rings. The van der Waals surface area contributed by atoms with Crippen molar-refractivity contribution < 1.29 is 9.90 Å². The maximum Gasteiger partial charge on any atom is 0.247 e. The summed E-state index contributed by atoms with van der Waals surface area (Å²) in [6.45, 7) is 0.725. The molecule has 2 aliphatic heterocycles. The number of fused-ring (bicyclic) bond motifs is 2. The minimum absolute atomic E-state index is 0.0275. The van der Waals surface area contributed by atoms with Crippen molar-refractivity contribution in [3.05, 3.63) is 54.1 Å². The Kier molecular flexibility index (Phi) is 3.26. The van der Waals surface area contributed by atoms with Crippen LogP contribution in [-0.2, 0) is 11.3 Å². The summed E-state index contributed by atoms with van der Waals surface area (Å²) in [5.41, 5.74) is 2.86. The van der Waals surface area contributed by atoms with Crippen LogP contribution in [0.4, 0.5) is 11.4 Å². The van der Waals surface area contributed by atoms with Gasteiger partial charge < -0.3 is 15.3 Å². The predicted molar refractivity (Wildman–Crippen MR) is 88.8 cm³/mol. The molecular weight excluding hydrogens is 290 g/mol. The molecule has 2 aromatic carbocycles. The number of amidine groups is 1. The summed E-state index contributed by atoms with van der Waals surface area (Å²) in [6.07, 6.45) is 1.60. The molecule has 23 heavy (non-hydrogen) atoms. The first-order valence-electron chi connectivity index (χ1n) is 7.73. The first kappa shape index (κ1) is 13.8. The van der Waals surface area contributed by atoms with E-state index in [2.05, 4.69) is 21.3 Å². The first-order chi connectivity index (χ1) is 11.2. The fourth-order valence-corrected chi connectivity index (χ4v) is 3.19. The number of nitrogens with one attached hydrogen (secondary N) is 1. The smallest absolute Gasteiger partial charge is 0.247 e. The maximum atomic E-state index is 12.6. The number of hydrogen-bond acceptors (Lipinski definition) is 4. The van der Waals surface area contributed by atoms with Gasteiger partial charge in [0.1, 0.15) is 17.6 Å². The van der Waals surface area contributed by atoms with Gasteiger partial charge in [-0.05, 0) is 42.3 Å². The summed E-state index contributed by atoms with van der Waals surface area (Å²) in [6, 6.07) is 14.4. The van der Waals surface area contributed by atoms with E-state index in [4.69, 9.17) is 0 Å². The van der Waals surface area contributed by atoms with E-state index in [1.165, 1.54) is 0 Å². The molecule has 5 heteroatoms. The Morgan fingerprint density at radius 2 is 1.96 bits per heavy atom. The van der Waals surface area contributed by atoms with Crippen molar-refractivity contribution in [2.45, 2.75) is 25.4 Å². The molecule has 0 aromatic heterocycles. The van der Waals surface area contributed by atoms with Gasteiger partial charge in [0.05, 0.1) is 5.69 Å². The molecule has 1 fully saturated rings. The summed E-state index contributed by atoms with van der Waals surface area (Å²) in [5, 5.41) is 12.2. The topological polar surface area (TPSA) is 64.9 Å². The van der Waals surface area contributed by atoms with E-state index in [9.17, 15) is 9.90 Å². The molecular formula is C18H17N3O2. The molecule has 116 valence electrons. The van der Waals surface area contributed by atoms with E-state index in [0.29, 0.717) is 5.69 Å². The van der Waals surface area contributed by atoms with E-state index in [1.807, 2.05) is 18.2 Å². The Bertz CT molecular complexity index is 783. The molecule has 0 radical (unpaired) electrons. The maximum absolute atomic E-state index is 12.6. The van der Waals surface area contributed by atoms with Gasteiger partial charge in [0.15, 0.2) is 0 Å². The van der Waals surface area contributed by atoms with E-state index < -0.39 is 0 Å². The molecule has 0 aliphatic carbocycles. The average Bonchev–Trinajstić information content (AvgIpc) is 2.97. The molecule has 0 saturated carbocycles. The lowest BCUT2D eigenvalue weighted by molar-refractivity contribution is -0.119. The Morgan fingerprint density at radius 1 is 1.17 bits per heavy atom. The molecule has 2 heterocycles. The second-order valence-electron chi connectivity index (χ2n) is 5.88. The highest BCUT2D eigenvalue weighted by atomic mass is 16.3. The largest absolute Gasteiger partial charge is 0.508 e. The van der Waals surface area contributed by atoms with E-state index >= 15 is 0 Å². The van der Waals surface area contributed by atoms with Crippen LogP contribution in [-0.4, -0.2) is 27.8 Å². The van der Waals surface area contributed by atoms with Crippen molar-refractivity contribution in [3.63, 3.8) is 0 Å². The number of phenolic OH excluding ortho intramolecular Hbond substituents is 1. The number of rotatable bonds is 2. The zero-order valence-electron chi connectivity index (χ0n) is 12.6. The van der Waals surface area contributed by atoms with Crippen LogP contribution in [0.25, 0.3) is 0 Å². The van der Waals surface area contributed by atoms with Gasteiger partial charge in [-0.15, -0.1) is 0 Å². The number of benzene rings is 2. The third-order valence-electron chi connectivity index (χ3n) is 4.37. The Balaban J connectivity index is 1.53. The van der Waals surface area contributed by atoms with E-state index in [-0.39, 0.29) is 17.7 Å². The fraction of sp³-hybridized carbons (Fsp3) is 0.222. The van der Waals surface area contributed by atoms with Crippen molar-refractivity contribution >= 4 is 23.1 Å². The first-order valence-corrected chi connectivity index (χ1v) is 7.73. The number of amides is 1. The second kappa shape index (κ2) is 5.43. The van der Waals surface area contributed by atoms with Crippen molar-refractivity contribution in [2.24, 2.45) is 4.99 Å². The third-order valence-corrected chi connectivity index (χ3v) is 4.37. The van der Waals surface area contributed by atoms with Crippen LogP contribution >= 0.6 is 0 Å². The highest BCUT2D eigenvalue weighted by Crippen LogP contribution is 2.33. The number of para-hydroxylation sites is 1. The van der Waals surface area contributed by atoms with Gasteiger partial charge >= 0.3 is 0 Å². The number of carbonyl (C=O) groups is 1. The van der Waals surface area contributed by atoms with Crippen molar-refractivity contribution in [1.29, 1.82) is 0 Å². The number of hydrogen-bond donors (Lipinski definition) is 2. The minimum Gasteiger partial charge on any atom is -0.508 e. The number of aliphatic imine (C=N–C) groups is 1. The molecule has 1 saturated heterocycles. The summed E-state index contributed by atoms with van der Waals surface area (Å²) in [7, 11) is 0. The Hall–Kier alpha value is -2.82. The number of carbonyl (C=O) groups excluding carboxylic acids is 1. The molecule has 4 rings (SSSR count). The van der Waals surface area contributed by atoms with Crippen molar-refractivity contribution in [1.82, 2.24) is 4.90 Å². The van der Waals surface area contributed by atoms with Crippen LogP contribution in [0.1, 0.15) is 18.4 Å². The van der Waals surface area contributed by atoms with Crippen LogP contribution in [0, 0.1) is 0 Å². The van der Waals surface area contributed by atoms with Gasteiger partial charge in [0, 0.05) is 18.7 Å². The van der Waals surface area contributed by atoms with Crippen LogP contribution in [0.5, 0.6) is 5.75 Å². The van der Waals surface area contributed by atoms with Crippen LogP contribution in [0.3, 0.4) is 0 Å². The number of nitrogens with zero attached hydrogens (tertiary/aromatic N) is 2. The summed E-state index contributed by atoms with van der Waals surface area (Å²) in [4.78, 5) is 19.4. The van der Waals surface area contributed by atoms with Gasteiger partial charge in [0.2, 0.25) is 5.91 Å². The lowest BCUT2D eigenvalue weighted by atomic mass is 10.1. The van der Waals surface area contributed by atoms with E-state index in [1.54, 1.807) is 24.3 Å². The fourth-order valence-electron chi connectivity index (χ4n) is 3.19. The molecule has 1 amide bonds. The lowest BCUT2D eigenvalue weighted by Gasteiger charge is -2.29. The zero-order valence-corrected chi connectivity index (χ0v) is 12.6. The van der Waals surface area contributed by atoms with Crippen LogP contribution in [0.15, 0.2) is 53.5 Å². The molecule has 1 atom stereocenters. The minimum atomic E-state index is -0.198. The zero-order chi connectivity index (χ0) is 15.8. The Morgan fingerprint density at radius 3 is 2.78 bits per heavy atom. The summed E-state index contributed by atoms with van der Waals surface area (Å²) in [5.74, 6) is 1.15. The lowest BCUT2D eigenvalue weighted by Crippen LogP contribution is -2.42. The van der Waals surface area contributed by atoms with Gasteiger partial charge in [-0.3, -0.25) is 4.79 Å². The highest BCUT2D eigenvalue weighted by molar-refractivity contribution is 6.01. The quantitative estimate of drug-likeness (QED) is 0.838. The third kappa shape index (κ3) is 2.54. The summed E-state index contributed by atoms with van der Waals surface area (Å²) < 4.78 is 0. The average molecular weight is 307 g/mol. The molecule has 0 bridgehead atoms. The van der Waals surface area contributed by atoms with Gasteiger partial charge in [-0.1, -0.05) is 18.2 Å². The monoisotopic (exact) mass is 307 g/mol. The Labute approximate surface area is 134 Å². The van der Waals surface area contributed by atoms with Crippen molar-refractivity contribution in [2.75, 3.05) is 5.32 Å². The van der Waals surface area contributed by atoms with Crippen LogP contribution < -0.4 is 5.32 Å². The SMILES string of the molecule is O=C(Nc1ccc(O)cc1)[C@@H]1CCC2=Nc3ccccc3CN21. The van der Waals surface area contributed by atoms with Gasteiger partial charge in [0.25, 0.3) is 0 Å². The van der Waals surface area contributed by atoms with Gasteiger partial charge in [-0.2, -0.15) is 0 Å². The standard InChI is InChI=1S/C18H17N3O2/c22-14-7-5-13(6-8-14)19-18(23)16-9-10-17-20-15-4-2-1-3-12(15)11-21(16)17/h1-8,16,22H,9-11H2,(H,19,23)/t16-/m0/s1. The van der Waals surface area contributed by atoms with E-state index in [0.717, 1.165) is 36.5 Å². The molecule has 2 aromatic rings. The normalized spacial score (nSPS) is 18.9. The summed E-state index contributed by atoms with van der Waals surface area (Å²) >= 11 is 0. The molecule has 2 N–H and O–H groups in total. The second-order valence-corrected chi connectivity index (χ2v) is 5.88. The van der Waals surface area contributed by atoms with Gasteiger partial charge in [-0.25, -0.2) is 4.99 Å². The van der Waals surface area contributed by atoms with Crippen molar-refractivity contribution in [3.8, 4) is 5.75 Å². The molecule has 0 unspecified atom stereocenters. The molecule has 5 nitrogen and oxygen atoms in total. The number of anilines is 1.